The summed E-state index contributed by atoms with van der Waals surface area (Å²) >= 11 is 1.33. The Labute approximate surface area is 187 Å². The minimum atomic E-state index is -0.379. The number of nitrogens with one attached hydrogen (secondary N) is 1. The van der Waals surface area contributed by atoms with Gasteiger partial charge in [0, 0.05) is 37.6 Å². The third-order valence-corrected chi connectivity index (χ3v) is 6.33. The van der Waals surface area contributed by atoms with Crippen LogP contribution in [0.25, 0.3) is 0 Å². The molecule has 2 aromatic rings. The first-order valence-corrected chi connectivity index (χ1v) is 11.4. The molecule has 3 N–H and O–H groups in total. The van der Waals surface area contributed by atoms with Gasteiger partial charge in [-0.2, -0.15) is 0 Å². The number of ether oxygens (including phenoxy) is 1. The lowest BCUT2D eigenvalue weighted by molar-refractivity contribution is -0.118. The number of methoxy groups -OCH3 is 1. The van der Waals surface area contributed by atoms with Gasteiger partial charge in [0.2, 0.25) is 11.8 Å². The summed E-state index contributed by atoms with van der Waals surface area (Å²) in [5.41, 5.74) is 7.25. The predicted molar refractivity (Wildman–Crippen MR) is 125 cm³/mol. The Hall–Kier alpha value is -2.55. The van der Waals surface area contributed by atoms with E-state index in [0.717, 1.165) is 55.5 Å². The SMILES string of the molecule is COc1ccc(CCN2CCN(CC(=O)Nc3ccccc3SCC(N)=O)CC2)cc1. The predicted octanol–water partition coefficient (Wildman–Crippen LogP) is 2.07. The van der Waals surface area contributed by atoms with Crippen molar-refractivity contribution in [2.75, 3.05) is 57.4 Å². The minimum Gasteiger partial charge on any atom is -0.497 e. The molecule has 1 aliphatic heterocycles. The van der Waals surface area contributed by atoms with Crippen LogP contribution in [0.3, 0.4) is 0 Å². The molecule has 2 aromatic carbocycles. The van der Waals surface area contributed by atoms with E-state index in [0.29, 0.717) is 6.54 Å². The van der Waals surface area contributed by atoms with Gasteiger partial charge in [0.05, 0.1) is 25.1 Å². The molecule has 0 radical (unpaired) electrons. The number of nitrogens with zero attached hydrogens (tertiary/aromatic N) is 2. The molecule has 1 heterocycles. The fourth-order valence-electron chi connectivity index (χ4n) is 3.49. The third-order valence-electron chi connectivity index (χ3n) is 5.24. The van der Waals surface area contributed by atoms with Gasteiger partial charge in [0.25, 0.3) is 0 Å². The summed E-state index contributed by atoms with van der Waals surface area (Å²) < 4.78 is 5.20. The summed E-state index contributed by atoms with van der Waals surface area (Å²) in [5, 5.41) is 2.97. The molecule has 0 atom stereocenters. The van der Waals surface area contributed by atoms with Gasteiger partial charge in [-0.25, -0.2) is 0 Å². The van der Waals surface area contributed by atoms with Crippen LogP contribution in [0.1, 0.15) is 5.56 Å². The van der Waals surface area contributed by atoms with Crippen LogP contribution in [0.2, 0.25) is 0 Å². The molecule has 3 rings (SSSR count). The Bertz CT molecular complexity index is 867. The topological polar surface area (TPSA) is 87.9 Å². The summed E-state index contributed by atoms with van der Waals surface area (Å²) in [7, 11) is 1.68. The Morgan fingerprint density at radius 3 is 2.39 bits per heavy atom. The van der Waals surface area contributed by atoms with E-state index in [1.807, 2.05) is 36.4 Å². The molecule has 1 saturated heterocycles. The van der Waals surface area contributed by atoms with Crippen LogP contribution in [0.5, 0.6) is 5.75 Å². The number of rotatable bonds is 10. The lowest BCUT2D eigenvalue weighted by Gasteiger charge is -2.34. The van der Waals surface area contributed by atoms with Crippen molar-refractivity contribution in [2.45, 2.75) is 11.3 Å². The van der Waals surface area contributed by atoms with Crippen molar-refractivity contribution in [3.8, 4) is 5.75 Å². The van der Waals surface area contributed by atoms with Crippen molar-refractivity contribution in [1.29, 1.82) is 0 Å². The number of piperazine rings is 1. The number of benzene rings is 2. The first-order valence-electron chi connectivity index (χ1n) is 10.4. The van der Waals surface area contributed by atoms with E-state index in [9.17, 15) is 9.59 Å². The van der Waals surface area contributed by atoms with Gasteiger partial charge in [-0.1, -0.05) is 24.3 Å². The highest BCUT2D eigenvalue weighted by Gasteiger charge is 2.19. The highest BCUT2D eigenvalue weighted by molar-refractivity contribution is 8.00. The minimum absolute atomic E-state index is 0.0428. The number of thioether (sulfide) groups is 1. The molecule has 0 saturated carbocycles. The van der Waals surface area contributed by atoms with Crippen LogP contribution in [-0.2, 0) is 16.0 Å². The van der Waals surface area contributed by atoms with Crippen molar-refractivity contribution in [3.05, 3.63) is 54.1 Å². The molecule has 7 nitrogen and oxygen atoms in total. The number of carbonyl (C=O) groups excluding carboxylic acids is 2. The molecular weight excluding hydrogens is 412 g/mol. The number of amides is 2. The fraction of sp³-hybridized carbons (Fsp3) is 0.391. The van der Waals surface area contributed by atoms with Crippen molar-refractivity contribution in [1.82, 2.24) is 9.80 Å². The molecule has 8 heteroatoms. The van der Waals surface area contributed by atoms with Crippen LogP contribution in [0, 0.1) is 0 Å². The van der Waals surface area contributed by atoms with Crippen molar-refractivity contribution in [2.24, 2.45) is 5.73 Å². The van der Waals surface area contributed by atoms with Gasteiger partial charge >= 0.3 is 0 Å². The highest BCUT2D eigenvalue weighted by Crippen LogP contribution is 2.26. The molecule has 1 fully saturated rings. The lowest BCUT2D eigenvalue weighted by atomic mass is 10.1. The van der Waals surface area contributed by atoms with Crippen LogP contribution in [0.15, 0.2) is 53.4 Å². The van der Waals surface area contributed by atoms with Gasteiger partial charge in [-0.15, -0.1) is 11.8 Å². The van der Waals surface area contributed by atoms with Crippen molar-refractivity contribution >= 4 is 29.3 Å². The average Bonchev–Trinajstić information content (AvgIpc) is 2.78. The second-order valence-corrected chi connectivity index (χ2v) is 8.53. The molecule has 0 aliphatic carbocycles. The Balaban J connectivity index is 1.40. The van der Waals surface area contributed by atoms with E-state index in [4.69, 9.17) is 10.5 Å². The van der Waals surface area contributed by atoms with Crippen molar-refractivity contribution in [3.63, 3.8) is 0 Å². The number of nitrogens with two attached hydrogens (primary N) is 1. The lowest BCUT2D eigenvalue weighted by Crippen LogP contribution is -2.49. The molecule has 0 bridgehead atoms. The standard InChI is InChI=1S/C23H30N4O3S/c1-30-19-8-6-18(7-9-19)10-11-26-12-14-27(15-13-26)16-23(29)25-20-4-2-3-5-21(20)31-17-22(24)28/h2-9H,10-17H2,1H3,(H2,24,28)(H,25,29). The van der Waals surface area contributed by atoms with Gasteiger partial charge in [-0.05, 0) is 36.2 Å². The highest BCUT2D eigenvalue weighted by atomic mass is 32.2. The Morgan fingerprint density at radius 1 is 1.03 bits per heavy atom. The number of carbonyl (C=O) groups is 2. The second-order valence-electron chi connectivity index (χ2n) is 7.52. The number of primary amides is 1. The quantitative estimate of drug-likeness (QED) is 0.548. The van der Waals surface area contributed by atoms with E-state index >= 15 is 0 Å². The average molecular weight is 443 g/mol. The first-order chi connectivity index (χ1) is 15.0. The molecule has 2 amide bonds. The van der Waals surface area contributed by atoms with Gasteiger partial charge < -0.3 is 20.7 Å². The molecular formula is C23H30N4O3S. The van der Waals surface area contributed by atoms with E-state index in [2.05, 4.69) is 27.2 Å². The summed E-state index contributed by atoms with van der Waals surface area (Å²) in [6.07, 6.45) is 1.00. The Kier molecular flexibility index (Phi) is 8.75. The zero-order valence-corrected chi connectivity index (χ0v) is 18.7. The maximum absolute atomic E-state index is 12.5. The maximum atomic E-state index is 12.5. The van der Waals surface area contributed by atoms with Gasteiger partial charge in [-0.3, -0.25) is 14.5 Å². The van der Waals surface area contributed by atoms with Gasteiger partial charge in [0.1, 0.15) is 5.75 Å². The monoisotopic (exact) mass is 442 g/mol. The van der Waals surface area contributed by atoms with Crippen LogP contribution in [-0.4, -0.2) is 73.7 Å². The first kappa shape index (κ1) is 23.1. The summed E-state index contributed by atoms with van der Waals surface area (Å²) in [6, 6.07) is 15.7. The zero-order chi connectivity index (χ0) is 22.1. The van der Waals surface area contributed by atoms with E-state index in [1.165, 1.54) is 17.3 Å². The second kappa shape index (κ2) is 11.7. The number of hydrogen-bond donors (Lipinski definition) is 2. The normalized spacial score (nSPS) is 14.9. The molecule has 166 valence electrons. The number of hydrogen-bond acceptors (Lipinski definition) is 6. The van der Waals surface area contributed by atoms with Gasteiger partial charge in [0.15, 0.2) is 0 Å². The smallest absolute Gasteiger partial charge is 0.238 e. The molecule has 0 unspecified atom stereocenters. The molecule has 0 aromatic heterocycles. The van der Waals surface area contributed by atoms with Crippen LogP contribution >= 0.6 is 11.8 Å². The number of para-hydroxylation sites is 1. The van der Waals surface area contributed by atoms with Crippen LogP contribution < -0.4 is 15.8 Å². The zero-order valence-electron chi connectivity index (χ0n) is 17.9. The summed E-state index contributed by atoms with van der Waals surface area (Å²) in [5.74, 6) is 0.644. The largest absolute Gasteiger partial charge is 0.497 e. The fourth-order valence-corrected chi connectivity index (χ4v) is 4.24. The molecule has 31 heavy (non-hydrogen) atoms. The number of anilines is 1. The Morgan fingerprint density at radius 2 is 1.71 bits per heavy atom. The van der Waals surface area contributed by atoms with Crippen LogP contribution in [0.4, 0.5) is 5.69 Å². The summed E-state index contributed by atoms with van der Waals surface area (Å²) in [4.78, 5) is 29.0. The van der Waals surface area contributed by atoms with E-state index in [1.54, 1.807) is 7.11 Å². The maximum Gasteiger partial charge on any atom is 0.238 e. The third kappa shape index (κ3) is 7.57. The van der Waals surface area contributed by atoms with E-state index in [-0.39, 0.29) is 17.6 Å². The molecule has 1 aliphatic rings. The van der Waals surface area contributed by atoms with Crippen molar-refractivity contribution < 1.29 is 14.3 Å². The summed E-state index contributed by atoms with van der Waals surface area (Å²) in [6.45, 7) is 5.02. The van der Waals surface area contributed by atoms with E-state index < -0.39 is 0 Å². The molecule has 0 spiro atoms.